The van der Waals surface area contributed by atoms with Gasteiger partial charge < -0.3 is 15.6 Å². The average Bonchev–Trinajstić information content (AvgIpc) is 2.67. The Labute approximate surface area is 113 Å². The molecule has 102 valence electrons. The first-order valence-corrected chi connectivity index (χ1v) is 6.74. The van der Waals surface area contributed by atoms with Crippen LogP contribution in [0.5, 0.6) is 0 Å². The Morgan fingerprint density at radius 1 is 1.56 bits per heavy atom. The Hall–Kier alpha value is -1.00. The van der Waals surface area contributed by atoms with E-state index in [9.17, 15) is 4.79 Å². The first kappa shape index (κ1) is 15.1. The molecule has 1 aromatic heterocycles. The molecule has 0 saturated heterocycles. The minimum Gasteiger partial charge on any atom is -0.347 e. The third-order valence-electron chi connectivity index (χ3n) is 2.94. The van der Waals surface area contributed by atoms with E-state index in [1.807, 2.05) is 18.4 Å². The number of aryl methyl sites for hydroxylation is 1. The molecule has 0 aliphatic heterocycles. The van der Waals surface area contributed by atoms with Crippen molar-refractivity contribution in [3.63, 3.8) is 0 Å². The lowest BCUT2D eigenvalue weighted by molar-refractivity contribution is 0.0918. The number of hydrogen-bond acceptors (Lipinski definition) is 2. The fraction of sp³-hybridized carbons (Fsp3) is 0.615. The van der Waals surface area contributed by atoms with E-state index in [4.69, 9.17) is 17.3 Å². The first-order valence-electron chi connectivity index (χ1n) is 6.36. The van der Waals surface area contributed by atoms with E-state index in [0.29, 0.717) is 23.2 Å². The summed E-state index contributed by atoms with van der Waals surface area (Å²) >= 11 is 5.95. The number of carbonyl (C=O) groups excluding carboxylic acids is 1. The van der Waals surface area contributed by atoms with Crippen LogP contribution >= 0.6 is 11.6 Å². The molecule has 1 heterocycles. The van der Waals surface area contributed by atoms with Crippen molar-refractivity contribution < 1.29 is 4.79 Å². The maximum absolute atomic E-state index is 12.2. The second-order valence-corrected chi connectivity index (χ2v) is 5.23. The smallest absolute Gasteiger partial charge is 0.268 e. The lowest BCUT2D eigenvalue weighted by atomic mass is 10.0. The minimum absolute atomic E-state index is 0.0127. The van der Waals surface area contributed by atoms with Crippen molar-refractivity contribution in [1.29, 1.82) is 0 Å². The van der Waals surface area contributed by atoms with Crippen LogP contribution in [0.4, 0.5) is 0 Å². The Bertz CT molecular complexity index is 401. The number of hydrogen-bond donors (Lipinski definition) is 2. The monoisotopic (exact) mass is 271 g/mol. The molecule has 1 unspecified atom stereocenters. The van der Waals surface area contributed by atoms with Crippen LogP contribution < -0.4 is 11.1 Å². The van der Waals surface area contributed by atoms with Gasteiger partial charge in [0.15, 0.2) is 0 Å². The number of carbonyl (C=O) groups is 1. The number of amides is 1. The molecule has 0 aliphatic carbocycles. The fourth-order valence-electron chi connectivity index (χ4n) is 1.83. The summed E-state index contributed by atoms with van der Waals surface area (Å²) in [5, 5.41) is 3.54. The maximum atomic E-state index is 12.2. The van der Waals surface area contributed by atoms with E-state index in [0.717, 1.165) is 13.0 Å². The molecule has 0 saturated carbocycles. The molecule has 3 N–H and O–H groups in total. The number of aromatic nitrogens is 1. The highest BCUT2D eigenvalue weighted by molar-refractivity contribution is 6.31. The van der Waals surface area contributed by atoms with Crippen molar-refractivity contribution in [2.24, 2.45) is 11.7 Å². The SMILES string of the molecule is CCCn1cc(Cl)cc1C(=O)NC(CN)C(C)C. The summed E-state index contributed by atoms with van der Waals surface area (Å²) in [6.07, 6.45) is 2.74. The predicted molar refractivity (Wildman–Crippen MR) is 74.9 cm³/mol. The molecule has 1 amide bonds. The van der Waals surface area contributed by atoms with Crippen molar-refractivity contribution in [3.05, 3.63) is 23.0 Å². The summed E-state index contributed by atoms with van der Waals surface area (Å²) < 4.78 is 1.88. The van der Waals surface area contributed by atoms with Crippen LogP contribution in [0.25, 0.3) is 0 Å². The number of nitrogens with one attached hydrogen (secondary N) is 1. The third kappa shape index (κ3) is 3.75. The van der Waals surface area contributed by atoms with E-state index in [1.165, 1.54) is 0 Å². The summed E-state index contributed by atoms with van der Waals surface area (Å²) in [5.41, 5.74) is 6.25. The van der Waals surface area contributed by atoms with Crippen LogP contribution in [0.2, 0.25) is 5.02 Å². The Morgan fingerprint density at radius 2 is 2.22 bits per heavy atom. The van der Waals surface area contributed by atoms with Crippen LogP contribution in [-0.2, 0) is 6.54 Å². The molecule has 0 aliphatic rings. The zero-order chi connectivity index (χ0) is 13.7. The molecular formula is C13H22ClN3O. The molecule has 4 nitrogen and oxygen atoms in total. The largest absolute Gasteiger partial charge is 0.347 e. The summed E-state index contributed by atoms with van der Waals surface area (Å²) in [7, 11) is 0. The highest BCUT2D eigenvalue weighted by atomic mass is 35.5. The van der Waals surface area contributed by atoms with Gasteiger partial charge in [-0.15, -0.1) is 0 Å². The summed E-state index contributed by atoms with van der Waals surface area (Å²) in [6, 6.07) is 1.68. The molecule has 0 fully saturated rings. The highest BCUT2D eigenvalue weighted by Gasteiger charge is 2.18. The minimum atomic E-state index is -0.112. The van der Waals surface area contributed by atoms with Gasteiger partial charge in [0.05, 0.1) is 5.02 Å². The van der Waals surface area contributed by atoms with E-state index >= 15 is 0 Å². The molecule has 1 rings (SSSR count). The lowest BCUT2D eigenvalue weighted by Crippen LogP contribution is -2.44. The Morgan fingerprint density at radius 3 is 2.72 bits per heavy atom. The highest BCUT2D eigenvalue weighted by Crippen LogP contribution is 2.15. The molecule has 0 spiro atoms. The van der Waals surface area contributed by atoms with Crippen molar-refractivity contribution in [3.8, 4) is 0 Å². The molecule has 0 bridgehead atoms. The third-order valence-corrected chi connectivity index (χ3v) is 3.14. The van der Waals surface area contributed by atoms with Gasteiger partial charge in [0.2, 0.25) is 0 Å². The fourth-order valence-corrected chi connectivity index (χ4v) is 2.05. The summed E-state index contributed by atoms with van der Waals surface area (Å²) in [4.78, 5) is 12.2. The van der Waals surface area contributed by atoms with Gasteiger partial charge in [-0.05, 0) is 18.4 Å². The van der Waals surface area contributed by atoms with Gasteiger partial charge in [0.1, 0.15) is 5.69 Å². The zero-order valence-electron chi connectivity index (χ0n) is 11.2. The number of nitrogens with zero attached hydrogens (tertiary/aromatic N) is 1. The molecule has 5 heteroatoms. The van der Waals surface area contributed by atoms with Gasteiger partial charge in [-0.25, -0.2) is 0 Å². The van der Waals surface area contributed by atoms with Gasteiger partial charge in [-0.1, -0.05) is 32.4 Å². The van der Waals surface area contributed by atoms with Gasteiger partial charge in [-0.2, -0.15) is 0 Å². The van der Waals surface area contributed by atoms with Crippen LogP contribution in [0.1, 0.15) is 37.7 Å². The van der Waals surface area contributed by atoms with Gasteiger partial charge in [0.25, 0.3) is 5.91 Å². The first-order chi connectivity index (χ1) is 8.49. The topological polar surface area (TPSA) is 60.0 Å². The second kappa shape index (κ2) is 6.81. The summed E-state index contributed by atoms with van der Waals surface area (Å²) in [6.45, 7) is 7.36. The van der Waals surface area contributed by atoms with Crippen molar-refractivity contribution in [2.75, 3.05) is 6.54 Å². The summed E-state index contributed by atoms with van der Waals surface area (Å²) in [5.74, 6) is 0.198. The van der Waals surface area contributed by atoms with Crippen LogP contribution in [0.3, 0.4) is 0 Å². The van der Waals surface area contributed by atoms with Crippen LogP contribution in [-0.4, -0.2) is 23.1 Å². The molecular weight excluding hydrogens is 250 g/mol. The van der Waals surface area contributed by atoms with E-state index < -0.39 is 0 Å². The van der Waals surface area contributed by atoms with Crippen molar-refractivity contribution >= 4 is 17.5 Å². The zero-order valence-corrected chi connectivity index (χ0v) is 12.0. The maximum Gasteiger partial charge on any atom is 0.268 e. The normalized spacial score (nSPS) is 12.8. The molecule has 0 radical (unpaired) electrons. The Balaban J connectivity index is 2.83. The van der Waals surface area contributed by atoms with Crippen molar-refractivity contribution in [2.45, 2.75) is 39.8 Å². The average molecular weight is 272 g/mol. The quantitative estimate of drug-likeness (QED) is 0.834. The van der Waals surface area contributed by atoms with Gasteiger partial charge >= 0.3 is 0 Å². The van der Waals surface area contributed by atoms with Crippen molar-refractivity contribution in [1.82, 2.24) is 9.88 Å². The van der Waals surface area contributed by atoms with Crippen LogP contribution in [0, 0.1) is 5.92 Å². The molecule has 1 atom stereocenters. The standard InChI is InChI=1S/C13H22ClN3O/c1-4-5-17-8-10(14)6-12(17)13(18)16-11(7-15)9(2)3/h6,8-9,11H,4-5,7,15H2,1-3H3,(H,16,18). The van der Waals surface area contributed by atoms with E-state index in [2.05, 4.69) is 12.2 Å². The molecule has 0 aromatic carbocycles. The van der Waals surface area contributed by atoms with Gasteiger partial charge in [-0.3, -0.25) is 4.79 Å². The van der Waals surface area contributed by atoms with E-state index in [1.54, 1.807) is 12.3 Å². The van der Waals surface area contributed by atoms with E-state index in [-0.39, 0.29) is 11.9 Å². The molecule has 1 aromatic rings. The number of rotatable bonds is 6. The Kier molecular flexibility index (Phi) is 5.69. The van der Waals surface area contributed by atoms with Gasteiger partial charge in [0, 0.05) is 25.3 Å². The predicted octanol–water partition coefficient (Wildman–Crippen LogP) is 2.26. The number of nitrogens with two attached hydrogens (primary N) is 1. The lowest BCUT2D eigenvalue weighted by Gasteiger charge is -2.20. The molecule has 18 heavy (non-hydrogen) atoms. The van der Waals surface area contributed by atoms with Crippen LogP contribution in [0.15, 0.2) is 12.3 Å². The number of halogens is 1. The second-order valence-electron chi connectivity index (χ2n) is 4.80.